The summed E-state index contributed by atoms with van der Waals surface area (Å²) < 4.78 is 0. The SMILES string of the molecule is N#CC1(NC(=O)N2CCCCCC2)CCCCC1. The van der Waals surface area contributed by atoms with Crippen molar-refractivity contribution in [2.75, 3.05) is 13.1 Å². The number of carbonyl (C=O) groups is 1. The molecule has 2 aliphatic rings. The molecule has 1 saturated heterocycles. The molecule has 2 fully saturated rings. The molecule has 0 radical (unpaired) electrons. The highest BCUT2D eigenvalue weighted by atomic mass is 16.2. The Balaban J connectivity index is 1.94. The van der Waals surface area contributed by atoms with Crippen molar-refractivity contribution in [2.24, 2.45) is 0 Å². The van der Waals surface area contributed by atoms with Crippen LogP contribution in [0.2, 0.25) is 0 Å². The standard InChI is InChI=1S/C14H23N3O/c15-12-14(8-4-3-5-9-14)16-13(18)17-10-6-1-2-7-11-17/h1-11H2,(H,16,18). The zero-order valence-electron chi connectivity index (χ0n) is 11.1. The van der Waals surface area contributed by atoms with Gasteiger partial charge >= 0.3 is 6.03 Å². The summed E-state index contributed by atoms with van der Waals surface area (Å²) >= 11 is 0. The predicted molar refractivity (Wildman–Crippen MR) is 70.0 cm³/mol. The van der Waals surface area contributed by atoms with E-state index in [2.05, 4.69) is 11.4 Å². The van der Waals surface area contributed by atoms with E-state index in [0.717, 1.165) is 51.6 Å². The zero-order valence-corrected chi connectivity index (χ0v) is 11.1. The zero-order chi connectivity index (χ0) is 12.8. The van der Waals surface area contributed by atoms with Gasteiger partial charge in [0.05, 0.1) is 6.07 Å². The molecule has 0 aromatic carbocycles. The summed E-state index contributed by atoms with van der Waals surface area (Å²) in [4.78, 5) is 14.1. The van der Waals surface area contributed by atoms with Crippen molar-refractivity contribution in [1.29, 1.82) is 5.26 Å². The summed E-state index contributed by atoms with van der Waals surface area (Å²) in [6.45, 7) is 1.68. The van der Waals surface area contributed by atoms with Gasteiger partial charge < -0.3 is 10.2 Å². The van der Waals surface area contributed by atoms with Gasteiger partial charge in [0.1, 0.15) is 5.54 Å². The van der Waals surface area contributed by atoms with Gasteiger partial charge in [-0.15, -0.1) is 0 Å². The summed E-state index contributed by atoms with van der Waals surface area (Å²) in [5, 5.41) is 12.4. The molecule has 0 aromatic rings. The van der Waals surface area contributed by atoms with E-state index in [4.69, 9.17) is 0 Å². The Kier molecular flexibility index (Phi) is 4.46. The van der Waals surface area contributed by atoms with Crippen molar-refractivity contribution in [2.45, 2.75) is 63.3 Å². The molecular formula is C14H23N3O. The van der Waals surface area contributed by atoms with Gasteiger partial charge in [0.15, 0.2) is 0 Å². The fourth-order valence-electron chi connectivity index (χ4n) is 2.98. The first-order chi connectivity index (χ1) is 8.76. The maximum Gasteiger partial charge on any atom is 0.318 e. The van der Waals surface area contributed by atoms with Crippen LogP contribution in [-0.4, -0.2) is 29.6 Å². The number of rotatable bonds is 1. The van der Waals surface area contributed by atoms with Crippen LogP contribution in [0.3, 0.4) is 0 Å². The van der Waals surface area contributed by atoms with Gasteiger partial charge in [-0.25, -0.2) is 4.79 Å². The number of nitrogens with one attached hydrogen (secondary N) is 1. The van der Waals surface area contributed by atoms with E-state index in [1.807, 2.05) is 4.90 Å². The molecule has 0 unspecified atom stereocenters. The van der Waals surface area contributed by atoms with Crippen LogP contribution in [0, 0.1) is 11.3 Å². The third-order valence-corrected chi connectivity index (χ3v) is 4.16. The molecule has 1 saturated carbocycles. The molecule has 1 N–H and O–H groups in total. The van der Waals surface area contributed by atoms with Crippen LogP contribution in [0.4, 0.5) is 4.79 Å². The van der Waals surface area contributed by atoms with Gasteiger partial charge in [-0.05, 0) is 25.7 Å². The van der Waals surface area contributed by atoms with Crippen LogP contribution in [0.15, 0.2) is 0 Å². The minimum Gasteiger partial charge on any atom is -0.325 e. The van der Waals surface area contributed by atoms with Crippen LogP contribution >= 0.6 is 0 Å². The fourth-order valence-corrected chi connectivity index (χ4v) is 2.98. The molecule has 0 bridgehead atoms. The molecule has 1 heterocycles. The summed E-state index contributed by atoms with van der Waals surface area (Å²) in [6.07, 6.45) is 9.51. The molecule has 2 amide bonds. The second-order valence-electron chi connectivity index (χ2n) is 5.59. The van der Waals surface area contributed by atoms with Crippen molar-refractivity contribution >= 4 is 6.03 Å². The number of likely N-dealkylation sites (tertiary alicyclic amines) is 1. The quantitative estimate of drug-likeness (QED) is 0.777. The molecule has 4 heteroatoms. The third kappa shape index (κ3) is 3.16. The number of carbonyl (C=O) groups excluding carboxylic acids is 1. The number of amides is 2. The highest BCUT2D eigenvalue weighted by Gasteiger charge is 2.34. The van der Waals surface area contributed by atoms with E-state index in [1.54, 1.807) is 0 Å². The van der Waals surface area contributed by atoms with E-state index in [0.29, 0.717) is 0 Å². The molecule has 1 aliphatic heterocycles. The lowest BCUT2D eigenvalue weighted by molar-refractivity contribution is 0.183. The van der Waals surface area contributed by atoms with Gasteiger partial charge in [0.2, 0.25) is 0 Å². The molecular weight excluding hydrogens is 226 g/mol. The molecule has 0 atom stereocenters. The Morgan fingerprint density at radius 2 is 1.56 bits per heavy atom. The van der Waals surface area contributed by atoms with Crippen LogP contribution in [-0.2, 0) is 0 Å². The lowest BCUT2D eigenvalue weighted by atomic mass is 9.83. The largest absolute Gasteiger partial charge is 0.325 e. The Labute approximate surface area is 109 Å². The lowest BCUT2D eigenvalue weighted by Gasteiger charge is -2.34. The van der Waals surface area contributed by atoms with E-state index >= 15 is 0 Å². The molecule has 100 valence electrons. The number of hydrogen-bond donors (Lipinski definition) is 1. The Morgan fingerprint density at radius 1 is 1.00 bits per heavy atom. The maximum atomic E-state index is 12.2. The third-order valence-electron chi connectivity index (χ3n) is 4.16. The predicted octanol–water partition coefficient (Wildman–Crippen LogP) is 2.80. The first kappa shape index (κ1) is 13.2. The molecule has 1 aliphatic carbocycles. The highest BCUT2D eigenvalue weighted by Crippen LogP contribution is 2.27. The van der Waals surface area contributed by atoms with Crippen molar-refractivity contribution in [3.05, 3.63) is 0 Å². The summed E-state index contributed by atoms with van der Waals surface area (Å²) in [5.41, 5.74) is -0.596. The molecule has 0 spiro atoms. The van der Waals surface area contributed by atoms with E-state index in [9.17, 15) is 10.1 Å². The first-order valence-electron chi connectivity index (χ1n) is 7.24. The minimum absolute atomic E-state index is 0.0275. The van der Waals surface area contributed by atoms with Gasteiger partial charge in [0.25, 0.3) is 0 Å². The van der Waals surface area contributed by atoms with E-state index < -0.39 is 5.54 Å². The second kappa shape index (κ2) is 6.08. The van der Waals surface area contributed by atoms with Crippen molar-refractivity contribution in [3.63, 3.8) is 0 Å². The van der Waals surface area contributed by atoms with Crippen LogP contribution in [0.25, 0.3) is 0 Å². The summed E-state index contributed by atoms with van der Waals surface area (Å²) in [5.74, 6) is 0. The lowest BCUT2D eigenvalue weighted by Crippen LogP contribution is -2.53. The molecule has 4 nitrogen and oxygen atoms in total. The van der Waals surface area contributed by atoms with Crippen molar-refractivity contribution in [3.8, 4) is 6.07 Å². The van der Waals surface area contributed by atoms with Gasteiger partial charge in [-0.1, -0.05) is 32.1 Å². The Bertz CT molecular complexity index is 320. The molecule has 2 rings (SSSR count). The highest BCUT2D eigenvalue weighted by molar-refractivity contribution is 5.75. The van der Waals surface area contributed by atoms with Gasteiger partial charge in [0, 0.05) is 13.1 Å². The van der Waals surface area contributed by atoms with Crippen molar-refractivity contribution in [1.82, 2.24) is 10.2 Å². The van der Waals surface area contributed by atoms with Crippen LogP contribution < -0.4 is 5.32 Å². The number of nitrogens with zero attached hydrogens (tertiary/aromatic N) is 2. The summed E-state index contributed by atoms with van der Waals surface area (Å²) in [6, 6.07) is 2.32. The average molecular weight is 249 g/mol. The topological polar surface area (TPSA) is 56.1 Å². The molecule has 0 aromatic heterocycles. The van der Waals surface area contributed by atoms with Gasteiger partial charge in [-0.3, -0.25) is 0 Å². The van der Waals surface area contributed by atoms with Gasteiger partial charge in [-0.2, -0.15) is 5.26 Å². The summed E-state index contributed by atoms with van der Waals surface area (Å²) in [7, 11) is 0. The number of urea groups is 1. The number of hydrogen-bond acceptors (Lipinski definition) is 2. The maximum absolute atomic E-state index is 12.2. The van der Waals surface area contributed by atoms with Crippen LogP contribution in [0.1, 0.15) is 57.8 Å². The Morgan fingerprint density at radius 3 is 2.11 bits per heavy atom. The average Bonchev–Trinajstić information content (AvgIpc) is 2.68. The monoisotopic (exact) mass is 249 g/mol. The van der Waals surface area contributed by atoms with Crippen LogP contribution in [0.5, 0.6) is 0 Å². The minimum atomic E-state index is -0.596. The van der Waals surface area contributed by atoms with Crippen molar-refractivity contribution < 1.29 is 4.79 Å². The Hall–Kier alpha value is -1.24. The van der Waals surface area contributed by atoms with E-state index in [1.165, 1.54) is 19.3 Å². The normalized spacial score (nSPS) is 23.8. The number of nitriles is 1. The fraction of sp³-hybridized carbons (Fsp3) is 0.857. The van der Waals surface area contributed by atoms with E-state index in [-0.39, 0.29) is 6.03 Å². The first-order valence-corrected chi connectivity index (χ1v) is 7.24. The second-order valence-corrected chi connectivity index (χ2v) is 5.59. The molecule has 18 heavy (non-hydrogen) atoms. The smallest absolute Gasteiger partial charge is 0.318 e.